The minimum atomic E-state index is -0.960. The molecule has 1 aliphatic heterocycles. The van der Waals surface area contributed by atoms with Crippen LogP contribution in [-0.2, 0) is 29.3 Å². The molecule has 2 heterocycles. The molecule has 1 aromatic heterocycles. The maximum Gasteiger partial charge on any atom is 0.325 e. The van der Waals surface area contributed by atoms with Crippen LogP contribution in [0.3, 0.4) is 0 Å². The fourth-order valence-corrected chi connectivity index (χ4v) is 6.42. The van der Waals surface area contributed by atoms with E-state index in [9.17, 15) is 15.0 Å². The smallest absolute Gasteiger partial charge is 0.325 e. The van der Waals surface area contributed by atoms with Gasteiger partial charge in [0.15, 0.2) is 0 Å². The summed E-state index contributed by atoms with van der Waals surface area (Å²) >= 11 is 6.69. The predicted octanol–water partition coefficient (Wildman–Crippen LogP) is 6.08. The third-order valence-corrected chi connectivity index (χ3v) is 9.47. The van der Waals surface area contributed by atoms with Crippen molar-refractivity contribution >= 4 is 28.6 Å². The highest BCUT2D eigenvalue weighted by Gasteiger charge is 2.21. The van der Waals surface area contributed by atoms with Gasteiger partial charge < -0.3 is 34.1 Å². The van der Waals surface area contributed by atoms with E-state index < -0.39 is 24.4 Å². The Morgan fingerprint density at radius 3 is 2.59 bits per heavy atom. The molecule has 5 aromatic rings. The lowest BCUT2D eigenvalue weighted by molar-refractivity contribution is -0.146. The molecule has 14 heteroatoms. The molecule has 0 unspecified atom stereocenters. The first-order valence-corrected chi connectivity index (χ1v) is 18.4. The van der Waals surface area contributed by atoms with E-state index in [-0.39, 0.29) is 43.2 Å². The van der Waals surface area contributed by atoms with E-state index in [0.717, 1.165) is 44.5 Å². The number of rotatable bonds is 18. The number of aromatic nitrogens is 2. The number of hydrogen-bond donors (Lipinski definition) is 3. The Morgan fingerprint density at radius 1 is 0.981 bits per heavy atom. The highest BCUT2D eigenvalue weighted by Crippen LogP contribution is 2.35. The summed E-state index contributed by atoms with van der Waals surface area (Å²) in [4.78, 5) is 14.6. The van der Waals surface area contributed by atoms with Crippen LogP contribution in [0.4, 0.5) is 4.39 Å². The maximum atomic E-state index is 16.0. The van der Waals surface area contributed by atoms with Gasteiger partial charge in [-0.3, -0.25) is 10.1 Å². The average molecular weight is 763 g/mol. The SMILES string of the molecule is CCOC(=O)[C@@H](CO)NCc1cc(Cl)c(OCc2cccc(-c3cccc(OCCCN4CCC(O)CC4)c3)c2F)cc1OCc1ccc2nonc2c1. The summed E-state index contributed by atoms with van der Waals surface area (Å²) in [6.07, 6.45) is 2.26. The number of halogens is 2. The molecule has 3 N–H and O–H groups in total. The van der Waals surface area contributed by atoms with Crippen molar-refractivity contribution in [2.24, 2.45) is 0 Å². The second-order valence-corrected chi connectivity index (χ2v) is 13.4. The number of benzene rings is 4. The number of nitrogens with zero attached hydrogens (tertiary/aromatic N) is 3. The number of fused-ring (bicyclic) bond motifs is 1. The lowest BCUT2D eigenvalue weighted by atomic mass is 10.0. The number of nitrogens with one attached hydrogen (secondary N) is 1. The van der Waals surface area contributed by atoms with E-state index in [1.807, 2.05) is 30.3 Å². The Bertz CT molecular complexity index is 2000. The van der Waals surface area contributed by atoms with Crippen LogP contribution in [0.15, 0.2) is 77.4 Å². The van der Waals surface area contributed by atoms with Crippen molar-refractivity contribution in [2.45, 2.75) is 58.1 Å². The number of aliphatic hydroxyl groups excluding tert-OH is 2. The fourth-order valence-electron chi connectivity index (χ4n) is 6.18. The van der Waals surface area contributed by atoms with Gasteiger partial charge in [-0.1, -0.05) is 48.0 Å². The molecular formula is C40H44ClFN4O8. The van der Waals surface area contributed by atoms with E-state index in [4.69, 9.17) is 35.2 Å². The summed E-state index contributed by atoms with van der Waals surface area (Å²) in [5.41, 5.74) is 3.97. The van der Waals surface area contributed by atoms with Crippen LogP contribution in [0.25, 0.3) is 22.2 Å². The first-order valence-electron chi connectivity index (χ1n) is 18.0. The van der Waals surface area contributed by atoms with E-state index in [2.05, 4.69) is 20.5 Å². The summed E-state index contributed by atoms with van der Waals surface area (Å²) in [6, 6.07) is 20.2. The molecule has 0 saturated carbocycles. The second-order valence-electron chi connectivity index (χ2n) is 13.0. The zero-order chi connectivity index (χ0) is 37.9. The highest BCUT2D eigenvalue weighted by atomic mass is 35.5. The molecular weight excluding hydrogens is 719 g/mol. The van der Waals surface area contributed by atoms with Crippen molar-refractivity contribution in [1.82, 2.24) is 20.5 Å². The quantitative estimate of drug-likeness (QED) is 0.0702. The maximum absolute atomic E-state index is 16.0. The fraction of sp³-hybridized carbons (Fsp3) is 0.375. The number of likely N-dealkylation sites (tertiary alicyclic amines) is 1. The minimum Gasteiger partial charge on any atom is -0.494 e. The number of esters is 1. The summed E-state index contributed by atoms with van der Waals surface area (Å²) in [6.45, 7) is 4.73. The molecule has 0 bridgehead atoms. The van der Waals surface area contributed by atoms with Gasteiger partial charge in [0.2, 0.25) is 0 Å². The molecule has 1 atom stereocenters. The average Bonchev–Trinajstić information content (AvgIpc) is 3.65. The first kappa shape index (κ1) is 38.9. The Balaban J connectivity index is 1.14. The Kier molecular flexibility index (Phi) is 13.7. The van der Waals surface area contributed by atoms with Crippen molar-refractivity contribution in [3.63, 3.8) is 0 Å². The number of carbonyl (C=O) groups is 1. The predicted molar refractivity (Wildman–Crippen MR) is 200 cm³/mol. The molecule has 4 aromatic carbocycles. The lowest BCUT2D eigenvalue weighted by Crippen LogP contribution is -2.40. The number of hydrogen-bond acceptors (Lipinski definition) is 12. The van der Waals surface area contributed by atoms with Crippen LogP contribution in [0.1, 0.15) is 42.9 Å². The molecule has 1 aliphatic rings. The van der Waals surface area contributed by atoms with Crippen LogP contribution < -0.4 is 19.5 Å². The monoisotopic (exact) mass is 762 g/mol. The summed E-state index contributed by atoms with van der Waals surface area (Å²) in [7, 11) is 0. The Hall–Kier alpha value is -4.79. The molecule has 0 radical (unpaired) electrons. The Morgan fingerprint density at radius 2 is 1.78 bits per heavy atom. The number of ether oxygens (including phenoxy) is 4. The van der Waals surface area contributed by atoms with Crippen LogP contribution in [0, 0.1) is 5.82 Å². The van der Waals surface area contributed by atoms with E-state index >= 15 is 4.39 Å². The van der Waals surface area contributed by atoms with Crippen molar-refractivity contribution in [1.29, 1.82) is 0 Å². The second kappa shape index (κ2) is 19.0. The zero-order valence-electron chi connectivity index (χ0n) is 30.0. The first-order chi connectivity index (χ1) is 26.3. The van der Waals surface area contributed by atoms with Crippen LogP contribution >= 0.6 is 11.6 Å². The number of carbonyl (C=O) groups excluding carboxylic acids is 1. The van der Waals surface area contributed by atoms with Crippen molar-refractivity contribution in [3.8, 4) is 28.4 Å². The molecule has 1 fully saturated rings. The van der Waals surface area contributed by atoms with Crippen molar-refractivity contribution in [2.75, 3.05) is 39.5 Å². The molecule has 0 amide bonds. The number of aliphatic hydroxyl groups is 2. The van der Waals surface area contributed by atoms with Gasteiger partial charge in [-0.25, -0.2) is 9.02 Å². The van der Waals surface area contributed by atoms with Crippen molar-refractivity contribution in [3.05, 3.63) is 100 Å². The van der Waals surface area contributed by atoms with Gasteiger partial charge >= 0.3 is 5.97 Å². The zero-order valence-corrected chi connectivity index (χ0v) is 30.8. The molecule has 0 spiro atoms. The van der Waals surface area contributed by atoms with Crippen molar-refractivity contribution < 1.29 is 43.0 Å². The molecule has 1 saturated heterocycles. The summed E-state index contributed by atoms with van der Waals surface area (Å²) < 4.78 is 44.2. The van der Waals surface area contributed by atoms with Crippen LogP contribution in [0.2, 0.25) is 5.02 Å². The van der Waals surface area contributed by atoms with Gasteiger partial charge in [0.25, 0.3) is 0 Å². The van der Waals surface area contributed by atoms with E-state index in [1.165, 1.54) is 0 Å². The molecule has 0 aliphatic carbocycles. The number of piperidine rings is 1. The molecule has 12 nitrogen and oxygen atoms in total. The van der Waals surface area contributed by atoms with Gasteiger partial charge in [0.1, 0.15) is 53.4 Å². The van der Waals surface area contributed by atoms with Gasteiger partial charge in [-0.15, -0.1) is 0 Å². The lowest BCUT2D eigenvalue weighted by Gasteiger charge is -2.29. The van der Waals surface area contributed by atoms with Gasteiger partial charge in [-0.05, 0) is 78.0 Å². The molecule has 286 valence electrons. The highest BCUT2D eigenvalue weighted by molar-refractivity contribution is 6.32. The standard InChI is InChI=1S/C40H44ClFN4O8/c1-2-50-40(49)36(23-47)43-22-29-20-33(41)38(21-37(29)52-24-26-10-11-34-35(18-26)45-54-44-34)53-25-28-7-4-9-32(39(28)42)27-6-3-8-31(19-27)51-17-5-14-46-15-12-30(48)13-16-46/h3-4,6-11,18-21,30,36,43,47-48H,2,5,12-17,22-25H2,1H3/t36-/m1/s1. The topological polar surface area (TPSA) is 149 Å². The van der Waals surface area contributed by atoms with Gasteiger partial charge in [0, 0.05) is 48.9 Å². The molecule has 6 rings (SSSR count). The Labute approximate surface area is 317 Å². The minimum absolute atomic E-state index is 0.106. The third kappa shape index (κ3) is 10.2. The van der Waals surface area contributed by atoms with Crippen LogP contribution in [-0.4, -0.2) is 83.0 Å². The van der Waals surface area contributed by atoms with Gasteiger partial charge in [0.05, 0.1) is 30.9 Å². The van der Waals surface area contributed by atoms with E-state index in [1.54, 1.807) is 49.4 Å². The van der Waals surface area contributed by atoms with Gasteiger partial charge in [-0.2, -0.15) is 0 Å². The third-order valence-electron chi connectivity index (χ3n) is 9.17. The van der Waals surface area contributed by atoms with E-state index in [0.29, 0.717) is 51.4 Å². The molecule has 54 heavy (non-hydrogen) atoms. The summed E-state index contributed by atoms with van der Waals surface area (Å²) in [5.74, 6) is 0.291. The van der Waals surface area contributed by atoms with Crippen LogP contribution in [0.5, 0.6) is 17.2 Å². The summed E-state index contributed by atoms with van der Waals surface area (Å²) in [5, 5.41) is 30.5. The normalized spacial score (nSPS) is 14.2. The largest absolute Gasteiger partial charge is 0.494 e.